The lowest BCUT2D eigenvalue weighted by Crippen LogP contribution is -2.46. The van der Waals surface area contributed by atoms with Crippen LogP contribution in [0.1, 0.15) is 36.0 Å². The van der Waals surface area contributed by atoms with Crippen molar-refractivity contribution in [3.8, 4) is 23.7 Å². The third-order valence-corrected chi connectivity index (χ3v) is 6.72. The summed E-state index contributed by atoms with van der Waals surface area (Å²) in [4.78, 5) is 12.7. The molecular weight excluding hydrogens is 398 g/mol. The number of carbonyl (C=O) groups is 1. The van der Waals surface area contributed by atoms with Crippen molar-refractivity contribution in [2.24, 2.45) is 0 Å². The predicted octanol–water partition coefficient (Wildman–Crippen LogP) is 3.11. The third-order valence-electron chi connectivity index (χ3n) is 4.80. The number of aryl methyl sites for hydroxylation is 1. The van der Waals surface area contributed by atoms with E-state index >= 15 is 0 Å². The number of hydrogen-bond donors (Lipinski definition) is 0. The SMILES string of the molecule is COC(=O)C1CC#Cc2ccccc2C#CCCCN1S(=O)(=O)c1ccc(C)cc1. The molecule has 6 heteroatoms. The van der Waals surface area contributed by atoms with Gasteiger partial charge in [0, 0.05) is 30.5 Å². The van der Waals surface area contributed by atoms with E-state index in [1.54, 1.807) is 24.3 Å². The van der Waals surface area contributed by atoms with E-state index in [9.17, 15) is 13.2 Å². The number of benzene rings is 2. The number of hydrogen-bond acceptors (Lipinski definition) is 4. The summed E-state index contributed by atoms with van der Waals surface area (Å²) in [5.74, 6) is 11.5. The quantitative estimate of drug-likeness (QED) is 0.564. The fourth-order valence-corrected chi connectivity index (χ4v) is 4.77. The van der Waals surface area contributed by atoms with Crippen LogP contribution in [0.25, 0.3) is 0 Å². The minimum atomic E-state index is -3.92. The first-order valence-corrected chi connectivity index (χ1v) is 11.1. The van der Waals surface area contributed by atoms with Crippen LogP contribution in [-0.4, -0.2) is 38.4 Å². The van der Waals surface area contributed by atoms with Crippen LogP contribution >= 0.6 is 0 Å². The second-order valence-corrected chi connectivity index (χ2v) is 8.82. The highest BCUT2D eigenvalue weighted by Crippen LogP contribution is 2.22. The molecule has 0 aliphatic carbocycles. The van der Waals surface area contributed by atoms with Crippen molar-refractivity contribution in [2.75, 3.05) is 13.7 Å². The molecule has 2 aromatic rings. The number of nitrogens with zero attached hydrogens (tertiary/aromatic N) is 1. The molecule has 30 heavy (non-hydrogen) atoms. The zero-order valence-electron chi connectivity index (χ0n) is 17.0. The smallest absolute Gasteiger partial charge is 0.325 e. The van der Waals surface area contributed by atoms with Gasteiger partial charge >= 0.3 is 5.97 Å². The largest absolute Gasteiger partial charge is 0.468 e. The second kappa shape index (κ2) is 9.63. The molecule has 154 valence electrons. The van der Waals surface area contributed by atoms with Crippen molar-refractivity contribution < 1.29 is 17.9 Å². The molecule has 1 unspecified atom stereocenters. The molecule has 0 bridgehead atoms. The van der Waals surface area contributed by atoms with Gasteiger partial charge in [-0.2, -0.15) is 4.31 Å². The number of esters is 1. The van der Waals surface area contributed by atoms with Crippen molar-refractivity contribution in [2.45, 2.75) is 37.1 Å². The molecule has 0 spiro atoms. The second-order valence-electron chi connectivity index (χ2n) is 6.92. The highest BCUT2D eigenvalue weighted by atomic mass is 32.2. The van der Waals surface area contributed by atoms with Crippen LogP contribution in [0.2, 0.25) is 0 Å². The Morgan fingerprint density at radius 3 is 2.30 bits per heavy atom. The van der Waals surface area contributed by atoms with E-state index in [0.29, 0.717) is 12.8 Å². The van der Waals surface area contributed by atoms with E-state index in [1.165, 1.54) is 11.4 Å². The van der Waals surface area contributed by atoms with E-state index in [0.717, 1.165) is 16.7 Å². The molecule has 0 N–H and O–H groups in total. The molecule has 1 heterocycles. The normalized spacial score (nSPS) is 17.1. The lowest BCUT2D eigenvalue weighted by Gasteiger charge is -2.28. The summed E-state index contributed by atoms with van der Waals surface area (Å²) < 4.78 is 32.9. The summed E-state index contributed by atoms with van der Waals surface area (Å²) in [7, 11) is -2.66. The zero-order valence-corrected chi connectivity index (χ0v) is 17.8. The van der Waals surface area contributed by atoms with E-state index < -0.39 is 22.0 Å². The molecule has 0 saturated carbocycles. The molecule has 5 nitrogen and oxygen atoms in total. The molecule has 0 fully saturated rings. The standard InChI is InChI=1S/C24H23NO4S/c1-19-14-16-22(17-15-19)30(27,28)25-18-7-3-4-9-20-10-5-6-11-21(20)12-8-13-23(25)24(26)29-2/h5-6,10-11,14-17,23H,3,7,13,18H2,1-2H3. The minimum absolute atomic E-state index is 0.0273. The van der Waals surface area contributed by atoms with Gasteiger partial charge in [-0.15, -0.1) is 0 Å². The Morgan fingerprint density at radius 1 is 1.03 bits per heavy atom. The first-order valence-electron chi connectivity index (χ1n) is 9.66. The summed E-state index contributed by atoms with van der Waals surface area (Å²) in [5.41, 5.74) is 2.53. The summed E-state index contributed by atoms with van der Waals surface area (Å²) in [6, 6.07) is 13.1. The molecule has 2 aromatic carbocycles. The van der Waals surface area contributed by atoms with E-state index in [4.69, 9.17) is 4.74 Å². The Morgan fingerprint density at radius 2 is 1.67 bits per heavy atom. The summed E-state index contributed by atoms with van der Waals surface area (Å²) >= 11 is 0. The Bertz CT molecular complexity index is 1150. The van der Waals surface area contributed by atoms with Crippen LogP contribution < -0.4 is 0 Å². The van der Waals surface area contributed by atoms with Crippen molar-refractivity contribution in [1.82, 2.24) is 4.31 Å². The third kappa shape index (κ3) is 4.91. The van der Waals surface area contributed by atoms with Crippen LogP contribution in [0.5, 0.6) is 0 Å². The minimum Gasteiger partial charge on any atom is -0.468 e. The average molecular weight is 422 g/mol. The molecule has 3 rings (SSSR count). The maximum Gasteiger partial charge on any atom is 0.325 e. The zero-order chi connectivity index (χ0) is 21.6. The Labute approximate surface area is 178 Å². The van der Waals surface area contributed by atoms with Gasteiger partial charge in [-0.1, -0.05) is 53.5 Å². The van der Waals surface area contributed by atoms with Crippen LogP contribution in [0.4, 0.5) is 0 Å². The molecule has 0 amide bonds. The fraction of sp³-hybridized carbons (Fsp3) is 0.292. The van der Waals surface area contributed by atoms with E-state index in [2.05, 4.69) is 23.7 Å². The maximum absolute atomic E-state index is 13.4. The molecular formula is C24H23NO4S. The summed E-state index contributed by atoms with van der Waals surface area (Å²) in [6.07, 6.45) is 1.01. The van der Waals surface area contributed by atoms with Crippen LogP contribution in [0.3, 0.4) is 0 Å². The summed E-state index contributed by atoms with van der Waals surface area (Å²) in [6.45, 7) is 2.03. The van der Waals surface area contributed by atoms with E-state index in [-0.39, 0.29) is 17.9 Å². The number of methoxy groups -OCH3 is 1. The lowest BCUT2D eigenvalue weighted by atomic mass is 10.1. The number of fused-ring (bicyclic) bond motifs is 1. The first kappa shape index (κ1) is 21.6. The monoisotopic (exact) mass is 421 g/mol. The van der Waals surface area contributed by atoms with Crippen molar-refractivity contribution >= 4 is 16.0 Å². The molecule has 1 aliphatic heterocycles. The Kier molecular flexibility index (Phi) is 6.95. The molecule has 0 aromatic heterocycles. The van der Waals surface area contributed by atoms with Gasteiger partial charge in [-0.05, 0) is 37.6 Å². The van der Waals surface area contributed by atoms with Gasteiger partial charge in [0.2, 0.25) is 10.0 Å². The van der Waals surface area contributed by atoms with Gasteiger partial charge in [-0.25, -0.2) is 8.42 Å². The Balaban J connectivity index is 2.04. The first-order chi connectivity index (χ1) is 14.4. The highest BCUT2D eigenvalue weighted by Gasteiger charge is 2.35. The number of ether oxygens (including phenoxy) is 1. The topological polar surface area (TPSA) is 63.7 Å². The van der Waals surface area contributed by atoms with Gasteiger partial charge in [0.1, 0.15) is 6.04 Å². The average Bonchev–Trinajstić information content (AvgIpc) is 2.74. The highest BCUT2D eigenvalue weighted by molar-refractivity contribution is 7.89. The number of carbonyl (C=O) groups excluding carboxylic acids is 1. The van der Waals surface area contributed by atoms with Gasteiger partial charge in [-0.3, -0.25) is 4.79 Å². The summed E-state index contributed by atoms with van der Waals surface area (Å²) in [5, 5.41) is 0. The van der Waals surface area contributed by atoms with Gasteiger partial charge in [0.05, 0.1) is 12.0 Å². The van der Waals surface area contributed by atoms with Crippen molar-refractivity contribution in [1.29, 1.82) is 0 Å². The van der Waals surface area contributed by atoms with Gasteiger partial charge < -0.3 is 4.74 Å². The van der Waals surface area contributed by atoms with Crippen molar-refractivity contribution in [3.05, 3.63) is 65.2 Å². The molecule has 0 radical (unpaired) electrons. The maximum atomic E-state index is 13.4. The fourth-order valence-electron chi connectivity index (χ4n) is 3.15. The van der Waals surface area contributed by atoms with Gasteiger partial charge in [0.25, 0.3) is 0 Å². The van der Waals surface area contributed by atoms with Crippen LogP contribution in [0.15, 0.2) is 53.4 Å². The molecule has 1 aliphatic rings. The van der Waals surface area contributed by atoms with Crippen LogP contribution in [-0.2, 0) is 19.6 Å². The van der Waals surface area contributed by atoms with Crippen molar-refractivity contribution in [3.63, 3.8) is 0 Å². The number of sulfonamides is 1. The van der Waals surface area contributed by atoms with Gasteiger partial charge in [0.15, 0.2) is 0 Å². The Hall–Kier alpha value is -3.06. The molecule has 1 atom stereocenters. The predicted molar refractivity (Wildman–Crippen MR) is 115 cm³/mol. The van der Waals surface area contributed by atoms with E-state index in [1.807, 2.05) is 31.2 Å². The molecule has 0 saturated heterocycles. The lowest BCUT2D eigenvalue weighted by molar-refractivity contribution is -0.145. The number of rotatable bonds is 3. The van der Waals surface area contributed by atoms with Crippen LogP contribution in [0, 0.1) is 30.6 Å².